The number of imidazole rings is 1. The molecule has 1 saturated carbocycles. The van der Waals surface area contributed by atoms with Crippen molar-refractivity contribution >= 4 is 0 Å². The van der Waals surface area contributed by atoms with Gasteiger partial charge < -0.3 is 9.30 Å². The van der Waals surface area contributed by atoms with Crippen LogP contribution in [-0.4, -0.2) is 64.3 Å². The molecule has 21 heavy (non-hydrogen) atoms. The SMILES string of the molecule is Cn1ccnc1CN1CCN2C[C@H](OCC3CC3)C[C@H]2C1. The first-order valence-corrected chi connectivity index (χ1v) is 8.32. The number of hydrogen-bond donors (Lipinski definition) is 0. The Kier molecular flexibility index (Phi) is 3.73. The van der Waals surface area contributed by atoms with E-state index in [1.807, 2.05) is 12.4 Å². The predicted molar refractivity (Wildman–Crippen MR) is 80.9 cm³/mol. The van der Waals surface area contributed by atoms with Gasteiger partial charge in [-0.1, -0.05) is 0 Å². The third-order valence-electron chi connectivity index (χ3n) is 5.21. The third-order valence-corrected chi connectivity index (χ3v) is 5.21. The van der Waals surface area contributed by atoms with Crippen LogP contribution in [0.3, 0.4) is 0 Å². The summed E-state index contributed by atoms with van der Waals surface area (Å²) in [5, 5.41) is 0. The zero-order chi connectivity index (χ0) is 14.2. The van der Waals surface area contributed by atoms with Crippen LogP contribution in [0.4, 0.5) is 0 Å². The van der Waals surface area contributed by atoms with E-state index in [0.717, 1.165) is 38.7 Å². The summed E-state index contributed by atoms with van der Waals surface area (Å²) in [7, 11) is 2.08. The van der Waals surface area contributed by atoms with Gasteiger partial charge in [0.1, 0.15) is 5.82 Å². The van der Waals surface area contributed by atoms with Gasteiger partial charge in [-0.25, -0.2) is 4.98 Å². The number of aryl methyl sites for hydroxylation is 1. The molecular formula is C16H26N4O. The molecule has 2 atom stereocenters. The van der Waals surface area contributed by atoms with Gasteiger partial charge in [0.25, 0.3) is 0 Å². The van der Waals surface area contributed by atoms with Crippen molar-refractivity contribution in [2.75, 3.05) is 32.8 Å². The molecule has 0 radical (unpaired) electrons. The number of piperazine rings is 1. The van der Waals surface area contributed by atoms with Crippen molar-refractivity contribution in [1.82, 2.24) is 19.4 Å². The highest BCUT2D eigenvalue weighted by molar-refractivity contribution is 4.96. The number of hydrogen-bond acceptors (Lipinski definition) is 4. The zero-order valence-electron chi connectivity index (χ0n) is 12.9. The molecule has 0 N–H and O–H groups in total. The first-order valence-electron chi connectivity index (χ1n) is 8.32. The first-order chi connectivity index (χ1) is 10.3. The molecule has 0 amide bonds. The minimum Gasteiger partial charge on any atom is -0.377 e. The monoisotopic (exact) mass is 290 g/mol. The predicted octanol–water partition coefficient (Wildman–Crippen LogP) is 1.11. The van der Waals surface area contributed by atoms with Gasteiger partial charge in [0.05, 0.1) is 12.6 Å². The summed E-state index contributed by atoms with van der Waals surface area (Å²) in [5.41, 5.74) is 0. The Labute approximate surface area is 126 Å². The van der Waals surface area contributed by atoms with E-state index in [1.54, 1.807) is 0 Å². The molecule has 4 rings (SSSR count). The van der Waals surface area contributed by atoms with E-state index in [-0.39, 0.29) is 0 Å². The zero-order valence-corrected chi connectivity index (χ0v) is 12.9. The van der Waals surface area contributed by atoms with Crippen molar-refractivity contribution in [3.05, 3.63) is 18.2 Å². The van der Waals surface area contributed by atoms with Crippen molar-refractivity contribution in [2.24, 2.45) is 13.0 Å². The lowest BCUT2D eigenvalue weighted by Crippen LogP contribution is -2.49. The summed E-state index contributed by atoms with van der Waals surface area (Å²) in [4.78, 5) is 9.63. The van der Waals surface area contributed by atoms with Gasteiger partial charge >= 0.3 is 0 Å². The lowest BCUT2D eigenvalue weighted by molar-refractivity contribution is 0.0507. The molecule has 3 aliphatic rings. The fraction of sp³-hybridized carbons (Fsp3) is 0.812. The van der Waals surface area contributed by atoms with Crippen LogP contribution in [0, 0.1) is 5.92 Å². The highest BCUT2D eigenvalue weighted by Gasteiger charge is 2.37. The second-order valence-corrected chi connectivity index (χ2v) is 6.97. The Morgan fingerprint density at radius 2 is 2.19 bits per heavy atom. The Hall–Kier alpha value is -0.910. The van der Waals surface area contributed by atoms with Crippen LogP contribution in [-0.2, 0) is 18.3 Å². The third kappa shape index (κ3) is 3.15. The van der Waals surface area contributed by atoms with E-state index in [0.29, 0.717) is 12.1 Å². The van der Waals surface area contributed by atoms with Crippen LogP contribution in [0.5, 0.6) is 0 Å². The Morgan fingerprint density at radius 3 is 2.95 bits per heavy atom. The summed E-state index contributed by atoms with van der Waals surface area (Å²) in [6.45, 7) is 6.62. The summed E-state index contributed by atoms with van der Waals surface area (Å²) < 4.78 is 8.23. The van der Waals surface area contributed by atoms with Crippen LogP contribution in [0.2, 0.25) is 0 Å². The fourth-order valence-electron chi connectivity index (χ4n) is 3.63. The number of ether oxygens (including phenoxy) is 1. The maximum atomic E-state index is 6.10. The highest BCUT2D eigenvalue weighted by Crippen LogP contribution is 2.31. The van der Waals surface area contributed by atoms with Crippen molar-refractivity contribution < 1.29 is 4.74 Å². The largest absolute Gasteiger partial charge is 0.377 e. The standard InChI is InChI=1S/C16H26N4O/c1-18-5-4-17-16(18)11-19-6-7-20-10-15(8-14(20)9-19)21-12-13-2-3-13/h4-5,13-15H,2-3,6-12H2,1H3/t14-,15+/m0/s1. The molecule has 0 spiro atoms. The van der Waals surface area contributed by atoms with Crippen LogP contribution in [0.15, 0.2) is 12.4 Å². The average Bonchev–Trinajstić information content (AvgIpc) is 3.10. The van der Waals surface area contributed by atoms with Crippen molar-refractivity contribution in [2.45, 2.75) is 38.0 Å². The van der Waals surface area contributed by atoms with E-state index in [2.05, 4.69) is 26.4 Å². The van der Waals surface area contributed by atoms with Crippen molar-refractivity contribution in [3.63, 3.8) is 0 Å². The number of aromatic nitrogens is 2. The molecule has 116 valence electrons. The highest BCUT2D eigenvalue weighted by atomic mass is 16.5. The summed E-state index contributed by atoms with van der Waals surface area (Å²) in [6, 6.07) is 0.684. The molecule has 3 fully saturated rings. The van der Waals surface area contributed by atoms with E-state index in [4.69, 9.17) is 4.74 Å². The minimum absolute atomic E-state index is 0.476. The van der Waals surface area contributed by atoms with Crippen LogP contribution < -0.4 is 0 Å². The summed E-state index contributed by atoms with van der Waals surface area (Å²) >= 11 is 0. The fourth-order valence-corrected chi connectivity index (χ4v) is 3.63. The first kappa shape index (κ1) is 13.7. The molecule has 3 heterocycles. The number of nitrogens with zero attached hydrogens (tertiary/aromatic N) is 4. The lowest BCUT2D eigenvalue weighted by atomic mass is 10.1. The molecule has 2 saturated heterocycles. The van der Waals surface area contributed by atoms with Gasteiger partial charge in [-0.15, -0.1) is 0 Å². The average molecular weight is 290 g/mol. The van der Waals surface area contributed by atoms with E-state index < -0.39 is 0 Å². The second kappa shape index (κ2) is 5.71. The van der Waals surface area contributed by atoms with Gasteiger partial charge in [-0.2, -0.15) is 0 Å². The molecule has 0 unspecified atom stereocenters. The molecule has 2 aliphatic heterocycles. The normalized spacial score (nSPS) is 30.7. The number of rotatable bonds is 5. The summed E-state index contributed by atoms with van der Waals surface area (Å²) in [5.74, 6) is 2.05. The van der Waals surface area contributed by atoms with Crippen LogP contribution in [0.25, 0.3) is 0 Å². The molecule has 0 bridgehead atoms. The Balaban J connectivity index is 1.29. The Morgan fingerprint density at radius 1 is 1.29 bits per heavy atom. The van der Waals surface area contributed by atoms with E-state index in [1.165, 1.54) is 31.6 Å². The lowest BCUT2D eigenvalue weighted by Gasteiger charge is -2.36. The molecule has 1 aromatic heterocycles. The smallest absolute Gasteiger partial charge is 0.122 e. The van der Waals surface area contributed by atoms with Gasteiger partial charge in [-0.3, -0.25) is 9.80 Å². The Bertz CT molecular complexity index is 484. The summed E-state index contributed by atoms with van der Waals surface area (Å²) in [6.07, 6.45) is 8.38. The van der Waals surface area contributed by atoms with Gasteiger partial charge in [0, 0.05) is 58.3 Å². The van der Waals surface area contributed by atoms with Crippen molar-refractivity contribution in [3.8, 4) is 0 Å². The maximum absolute atomic E-state index is 6.10. The van der Waals surface area contributed by atoms with Gasteiger partial charge in [0.2, 0.25) is 0 Å². The van der Waals surface area contributed by atoms with E-state index >= 15 is 0 Å². The number of fused-ring (bicyclic) bond motifs is 1. The van der Waals surface area contributed by atoms with E-state index in [9.17, 15) is 0 Å². The maximum Gasteiger partial charge on any atom is 0.122 e. The van der Waals surface area contributed by atoms with Gasteiger partial charge in [-0.05, 0) is 25.2 Å². The molecule has 5 nitrogen and oxygen atoms in total. The molecule has 5 heteroatoms. The second-order valence-electron chi connectivity index (χ2n) is 6.97. The molecule has 1 aliphatic carbocycles. The molecule has 0 aromatic carbocycles. The quantitative estimate of drug-likeness (QED) is 0.813. The van der Waals surface area contributed by atoms with Gasteiger partial charge in [0.15, 0.2) is 0 Å². The van der Waals surface area contributed by atoms with Crippen LogP contribution >= 0.6 is 0 Å². The van der Waals surface area contributed by atoms with Crippen molar-refractivity contribution in [1.29, 1.82) is 0 Å². The molecular weight excluding hydrogens is 264 g/mol. The minimum atomic E-state index is 0.476. The molecule has 1 aromatic rings. The van der Waals surface area contributed by atoms with Crippen LogP contribution in [0.1, 0.15) is 25.1 Å². The topological polar surface area (TPSA) is 33.5 Å².